The molecule has 7 heteroatoms. The van der Waals surface area contributed by atoms with Crippen molar-refractivity contribution >= 4 is 17.9 Å². The molecule has 0 bridgehead atoms. The summed E-state index contributed by atoms with van der Waals surface area (Å²) in [4.78, 5) is 36.7. The Morgan fingerprint density at radius 2 is 1.90 bits per heavy atom. The van der Waals surface area contributed by atoms with E-state index in [1.54, 1.807) is 11.9 Å². The van der Waals surface area contributed by atoms with E-state index in [-0.39, 0.29) is 23.9 Å². The van der Waals surface area contributed by atoms with E-state index in [0.717, 1.165) is 12.8 Å². The molecule has 1 aliphatic heterocycles. The molecule has 0 spiro atoms. The fraction of sp³-hybridized carbons (Fsp3) is 0.786. The standard InChI is InChI=1S/C14H23N3O4/c1-15-12(18)11-4-2-3-7-17(11)14(21)16-10-6-5-9(8-10)13(19)20/h9-11H,2-8H2,1H3,(H,15,18)(H,16,21)(H,19,20)/t9-,10+,11?/m1/s1. The fourth-order valence-electron chi connectivity index (χ4n) is 3.21. The Labute approximate surface area is 124 Å². The Kier molecular flexibility index (Phi) is 5.03. The van der Waals surface area contributed by atoms with Crippen LogP contribution in [0.25, 0.3) is 0 Å². The zero-order valence-corrected chi connectivity index (χ0v) is 12.3. The summed E-state index contributed by atoms with van der Waals surface area (Å²) in [6.07, 6.45) is 4.26. The van der Waals surface area contributed by atoms with Crippen molar-refractivity contribution in [2.45, 2.75) is 50.6 Å². The molecule has 2 aliphatic rings. The van der Waals surface area contributed by atoms with Gasteiger partial charge in [0.25, 0.3) is 0 Å². The van der Waals surface area contributed by atoms with E-state index < -0.39 is 12.0 Å². The van der Waals surface area contributed by atoms with Gasteiger partial charge in [0.15, 0.2) is 0 Å². The largest absolute Gasteiger partial charge is 0.481 e. The maximum atomic E-state index is 12.3. The molecule has 2 fully saturated rings. The number of nitrogens with zero attached hydrogens (tertiary/aromatic N) is 1. The molecule has 3 atom stereocenters. The van der Waals surface area contributed by atoms with Crippen LogP contribution in [0.5, 0.6) is 0 Å². The number of carbonyl (C=O) groups is 3. The first-order chi connectivity index (χ1) is 10.0. The van der Waals surface area contributed by atoms with Gasteiger partial charge in [0.05, 0.1) is 5.92 Å². The Morgan fingerprint density at radius 3 is 2.52 bits per heavy atom. The van der Waals surface area contributed by atoms with Gasteiger partial charge in [-0.3, -0.25) is 9.59 Å². The van der Waals surface area contributed by atoms with E-state index in [9.17, 15) is 14.4 Å². The first-order valence-corrected chi connectivity index (χ1v) is 7.54. The SMILES string of the molecule is CNC(=O)C1CCCCN1C(=O)N[C@H]1CC[C@@H](C(=O)O)C1. The molecule has 3 N–H and O–H groups in total. The van der Waals surface area contributed by atoms with Gasteiger partial charge < -0.3 is 20.6 Å². The quantitative estimate of drug-likeness (QED) is 0.708. The number of carboxylic acids is 1. The summed E-state index contributed by atoms with van der Waals surface area (Å²) in [5.41, 5.74) is 0. The van der Waals surface area contributed by atoms with Crippen LogP contribution in [0.3, 0.4) is 0 Å². The van der Waals surface area contributed by atoms with Crippen LogP contribution in [0.15, 0.2) is 0 Å². The Morgan fingerprint density at radius 1 is 1.14 bits per heavy atom. The number of carboxylic acid groups (broad SMARTS) is 1. The maximum Gasteiger partial charge on any atom is 0.318 e. The molecule has 118 valence electrons. The summed E-state index contributed by atoms with van der Waals surface area (Å²) in [6.45, 7) is 0.568. The summed E-state index contributed by atoms with van der Waals surface area (Å²) >= 11 is 0. The van der Waals surface area contributed by atoms with Gasteiger partial charge in [-0.25, -0.2) is 4.79 Å². The number of likely N-dealkylation sites (N-methyl/N-ethyl adjacent to an activating group) is 1. The molecule has 1 heterocycles. The van der Waals surface area contributed by atoms with Gasteiger partial charge in [0, 0.05) is 19.6 Å². The van der Waals surface area contributed by atoms with Gasteiger partial charge >= 0.3 is 12.0 Å². The maximum absolute atomic E-state index is 12.3. The lowest BCUT2D eigenvalue weighted by atomic mass is 10.0. The van der Waals surface area contributed by atoms with Crippen molar-refractivity contribution in [3.63, 3.8) is 0 Å². The topological polar surface area (TPSA) is 98.7 Å². The highest BCUT2D eigenvalue weighted by molar-refractivity contribution is 5.87. The summed E-state index contributed by atoms with van der Waals surface area (Å²) in [5, 5.41) is 14.5. The van der Waals surface area contributed by atoms with E-state index in [1.165, 1.54) is 0 Å². The summed E-state index contributed by atoms with van der Waals surface area (Å²) in [5.74, 6) is -1.31. The number of hydrogen-bond donors (Lipinski definition) is 3. The van der Waals surface area contributed by atoms with Gasteiger partial charge in [-0.2, -0.15) is 0 Å². The number of rotatable bonds is 3. The predicted octanol–water partition coefficient (Wildman–Crippen LogP) is 0.550. The molecule has 21 heavy (non-hydrogen) atoms. The normalized spacial score (nSPS) is 29.0. The molecule has 1 unspecified atom stereocenters. The number of piperidine rings is 1. The van der Waals surface area contributed by atoms with Gasteiger partial charge in [-0.15, -0.1) is 0 Å². The fourth-order valence-corrected chi connectivity index (χ4v) is 3.21. The van der Waals surface area contributed by atoms with E-state index in [2.05, 4.69) is 10.6 Å². The van der Waals surface area contributed by atoms with Crippen LogP contribution in [0, 0.1) is 5.92 Å². The zero-order chi connectivity index (χ0) is 15.4. The van der Waals surface area contributed by atoms with E-state index in [4.69, 9.17) is 5.11 Å². The second kappa shape index (κ2) is 6.78. The van der Waals surface area contributed by atoms with Crippen molar-refractivity contribution in [1.82, 2.24) is 15.5 Å². The molecule has 0 radical (unpaired) electrons. The van der Waals surface area contributed by atoms with Crippen LogP contribution in [0.2, 0.25) is 0 Å². The zero-order valence-electron chi connectivity index (χ0n) is 12.3. The third-order valence-corrected chi connectivity index (χ3v) is 4.42. The molecule has 1 saturated carbocycles. The van der Waals surface area contributed by atoms with Gasteiger partial charge in [0.1, 0.15) is 6.04 Å². The van der Waals surface area contributed by atoms with Crippen molar-refractivity contribution in [1.29, 1.82) is 0 Å². The molecular weight excluding hydrogens is 274 g/mol. The average Bonchev–Trinajstić information content (AvgIpc) is 2.95. The summed E-state index contributed by atoms with van der Waals surface area (Å²) in [7, 11) is 1.57. The monoisotopic (exact) mass is 297 g/mol. The highest BCUT2D eigenvalue weighted by atomic mass is 16.4. The lowest BCUT2D eigenvalue weighted by Gasteiger charge is -2.35. The second-order valence-electron chi connectivity index (χ2n) is 5.81. The average molecular weight is 297 g/mol. The second-order valence-corrected chi connectivity index (χ2v) is 5.81. The van der Waals surface area contributed by atoms with Gasteiger partial charge in [-0.1, -0.05) is 0 Å². The number of carbonyl (C=O) groups excluding carboxylic acids is 2. The lowest BCUT2D eigenvalue weighted by molar-refractivity contribution is -0.141. The summed E-state index contributed by atoms with van der Waals surface area (Å²) in [6, 6.07) is -0.773. The molecule has 1 aliphatic carbocycles. The van der Waals surface area contributed by atoms with E-state index in [0.29, 0.717) is 32.2 Å². The number of hydrogen-bond acceptors (Lipinski definition) is 3. The Balaban J connectivity index is 1.92. The highest BCUT2D eigenvalue weighted by Crippen LogP contribution is 2.26. The molecule has 0 aromatic rings. The van der Waals surface area contributed by atoms with Gasteiger partial charge in [-0.05, 0) is 38.5 Å². The Bertz CT molecular complexity index is 426. The van der Waals surface area contributed by atoms with Crippen LogP contribution in [0.1, 0.15) is 38.5 Å². The highest BCUT2D eigenvalue weighted by Gasteiger charge is 2.35. The van der Waals surface area contributed by atoms with Crippen molar-refractivity contribution in [2.75, 3.05) is 13.6 Å². The molecule has 7 nitrogen and oxygen atoms in total. The molecule has 0 aromatic carbocycles. The van der Waals surface area contributed by atoms with Crippen LogP contribution in [0.4, 0.5) is 4.79 Å². The third-order valence-electron chi connectivity index (χ3n) is 4.42. The predicted molar refractivity (Wildman–Crippen MR) is 75.7 cm³/mol. The lowest BCUT2D eigenvalue weighted by Crippen LogP contribution is -2.55. The number of nitrogens with one attached hydrogen (secondary N) is 2. The van der Waals surface area contributed by atoms with Crippen LogP contribution in [-0.2, 0) is 9.59 Å². The molecule has 1 saturated heterocycles. The summed E-state index contributed by atoms with van der Waals surface area (Å²) < 4.78 is 0. The first-order valence-electron chi connectivity index (χ1n) is 7.54. The first kappa shape index (κ1) is 15.6. The molecular formula is C14H23N3O4. The van der Waals surface area contributed by atoms with Crippen LogP contribution in [-0.4, -0.2) is 53.6 Å². The number of likely N-dealkylation sites (tertiary alicyclic amines) is 1. The minimum absolute atomic E-state index is 0.106. The van der Waals surface area contributed by atoms with E-state index in [1.807, 2.05) is 0 Å². The van der Waals surface area contributed by atoms with Gasteiger partial charge in [0.2, 0.25) is 5.91 Å². The minimum atomic E-state index is -0.798. The molecule has 3 amide bonds. The van der Waals surface area contributed by atoms with Crippen molar-refractivity contribution in [3.8, 4) is 0 Å². The number of urea groups is 1. The Hall–Kier alpha value is -1.79. The van der Waals surface area contributed by atoms with Crippen LogP contribution >= 0.6 is 0 Å². The van der Waals surface area contributed by atoms with E-state index >= 15 is 0 Å². The number of amides is 3. The third kappa shape index (κ3) is 3.65. The van der Waals surface area contributed by atoms with Crippen LogP contribution < -0.4 is 10.6 Å². The van der Waals surface area contributed by atoms with Crippen molar-refractivity contribution in [3.05, 3.63) is 0 Å². The van der Waals surface area contributed by atoms with Crippen molar-refractivity contribution < 1.29 is 19.5 Å². The van der Waals surface area contributed by atoms with Crippen molar-refractivity contribution in [2.24, 2.45) is 5.92 Å². The molecule has 0 aromatic heterocycles. The minimum Gasteiger partial charge on any atom is -0.481 e. The number of aliphatic carboxylic acids is 1. The molecule has 2 rings (SSSR count). The smallest absolute Gasteiger partial charge is 0.318 e.